The van der Waals surface area contributed by atoms with Gasteiger partial charge < -0.3 is 16.4 Å². The molecule has 2 rings (SSSR count). The number of anilines is 1. The number of fused-ring (bicyclic) bond motifs is 1. The number of nitrogens with two attached hydrogens (primary N) is 1. The number of pyridine rings is 1. The molecular weight excluding hydrogens is 300 g/mol. The SMILES string of the molecule is CSCC[C@@H](NC(N)=O)C(=O)Nc1cccc2cccnc12. The summed E-state index contributed by atoms with van der Waals surface area (Å²) < 4.78 is 0. The molecule has 0 radical (unpaired) electrons. The van der Waals surface area contributed by atoms with Crippen LogP contribution < -0.4 is 16.4 Å². The largest absolute Gasteiger partial charge is 0.352 e. The van der Waals surface area contributed by atoms with Crippen LogP contribution in [0.25, 0.3) is 10.9 Å². The molecule has 0 aliphatic heterocycles. The number of rotatable bonds is 6. The van der Waals surface area contributed by atoms with Crippen LogP contribution in [0.15, 0.2) is 36.5 Å². The van der Waals surface area contributed by atoms with Crippen LogP contribution in [0, 0.1) is 0 Å². The summed E-state index contributed by atoms with van der Waals surface area (Å²) in [6.45, 7) is 0. The third kappa shape index (κ3) is 4.11. The predicted octanol–water partition coefficient (Wildman–Crippen LogP) is 1.96. The quantitative estimate of drug-likeness (QED) is 0.758. The number of benzene rings is 1. The number of carbonyl (C=O) groups excluding carboxylic acids is 2. The van der Waals surface area contributed by atoms with Crippen molar-refractivity contribution in [2.75, 3.05) is 17.3 Å². The predicted molar refractivity (Wildman–Crippen MR) is 89.9 cm³/mol. The van der Waals surface area contributed by atoms with Crippen LogP contribution in [-0.4, -0.2) is 35.0 Å². The van der Waals surface area contributed by atoms with Gasteiger partial charge in [0.05, 0.1) is 11.2 Å². The molecule has 3 amide bonds. The molecule has 4 N–H and O–H groups in total. The number of urea groups is 1. The number of thioether (sulfide) groups is 1. The number of nitrogens with zero attached hydrogens (tertiary/aromatic N) is 1. The molecule has 1 heterocycles. The summed E-state index contributed by atoms with van der Waals surface area (Å²) in [5, 5.41) is 6.23. The van der Waals surface area contributed by atoms with E-state index in [-0.39, 0.29) is 5.91 Å². The lowest BCUT2D eigenvalue weighted by molar-refractivity contribution is -0.117. The molecular formula is C15H18N4O2S. The second-order valence-corrected chi connectivity index (χ2v) is 5.70. The molecule has 0 saturated heterocycles. The van der Waals surface area contributed by atoms with E-state index in [0.29, 0.717) is 17.6 Å². The van der Waals surface area contributed by atoms with Crippen LogP contribution in [0.1, 0.15) is 6.42 Å². The maximum atomic E-state index is 12.4. The minimum Gasteiger partial charge on any atom is -0.352 e. The number of hydrogen-bond acceptors (Lipinski definition) is 4. The molecule has 0 spiro atoms. The summed E-state index contributed by atoms with van der Waals surface area (Å²) in [4.78, 5) is 27.7. The summed E-state index contributed by atoms with van der Waals surface area (Å²) in [7, 11) is 0. The minimum absolute atomic E-state index is 0.300. The van der Waals surface area contributed by atoms with E-state index in [1.54, 1.807) is 24.0 Å². The smallest absolute Gasteiger partial charge is 0.312 e. The number of amides is 3. The van der Waals surface area contributed by atoms with E-state index in [1.165, 1.54) is 0 Å². The van der Waals surface area contributed by atoms with E-state index < -0.39 is 12.1 Å². The summed E-state index contributed by atoms with van der Waals surface area (Å²) in [5.41, 5.74) is 6.46. The Morgan fingerprint density at radius 3 is 2.82 bits per heavy atom. The van der Waals surface area contributed by atoms with Crippen LogP contribution >= 0.6 is 11.8 Å². The first-order valence-corrected chi connectivity index (χ1v) is 8.20. The van der Waals surface area contributed by atoms with Gasteiger partial charge in [0.1, 0.15) is 6.04 Å². The Bertz CT molecular complexity index is 672. The first-order valence-electron chi connectivity index (χ1n) is 6.81. The normalized spacial score (nSPS) is 11.9. The molecule has 0 aliphatic carbocycles. The van der Waals surface area contributed by atoms with Gasteiger partial charge in [-0.25, -0.2) is 4.79 Å². The Labute approximate surface area is 132 Å². The minimum atomic E-state index is -0.711. The lowest BCUT2D eigenvalue weighted by atomic mass is 10.1. The first kappa shape index (κ1) is 16.1. The van der Waals surface area contributed by atoms with Crippen molar-refractivity contribution >= 4 is 40.3 Å². The maximum Gasteiger partial charge on any atom is 0.312 e. The van der Waals surface area contributed by atoms with Crippen molar-refractivity contribution in [1.82, 2.24) is 10.3 Å². The zero-order chi connectivity index (χ0) is 15.9. The highest BCUT2D eigenvalue weighted by atomic mass is 32.2. The molecule has 1 aromatic heterocycles. The maximum absolute atomic E-state index is 12.4. The van der Waals surface area contributed by atoms with Crippen molar-refractivity contribution in [1.29, 1.82) is 0 Å². The van der Waals surface area contributed by atoms with Gasteiger partial charge in [-0.3, -0.25) is 9.78 Å². The van der Waals surface area contributed by atoms with Crippen molar-refractivity contribution in [2.45, 2.75) is 12.5 Å². The molecule has 7 heteroatoms. The highest BCUT2D eigenvalue weighted by Crippen LogP contribution is 2.21. The van der Waals surface area contributed by atoms with Crippen molar-refractivity contribution in [3.05, 3.63) is 36.5 Å². The molecule has 0 bridgehead atoms. The Balaban J connectivity index is 2.18. The zero-order valence-electron chi connectivity index (χ0n) is 12.2. The highest BCUT2D eigenvalue weighted by Gasteiger charge is 2.20. The van der Waals surface area contributed by atoms with Gasteiger partial charge in [-0.05, 0) is 30.6 Å². The van der Waals surface area contributed by atoms with Gasteiger partial charge in [-0.2, -0.15) is 11.8 Å². The fourth-order valence-electron chi connectivity index (χ4n) is 2.10. The standard InChI is InChI=1S/C15H18N4O2S/c1-22-9-7-12(19-15(16)21)14(20)18-11-6-2-4-10-5-3-8-17-13(10)11/h2-6,8,12H,7,9H2,1H3,(H,18,20)(H3,16,19,21)/t12-/m1/s1. The van der Waals surface area contributed by atoms with Gasteiger partial charge in [0.2, 0.25) is 5.91 Å². The van der Waals surface area contributed by atoms with Gasteiger partial charge in [0.25, 0.3) is 0 Å². The van der Waals surface area contributed by atoms with Crippen molar-refractivity contribution in [2.24, 2.45) is 5.73 Å². The number of aromatic nitrogens is 1. The average molecular weight is 318 g/mol. The molecule has 22 heavy (non-hydrogen) atoms. The van der Waals surface area contributed by atoms with Crippen molar-refractivity contribution < 1.29 is 9.59 Å². The second-order valence-electron chi connectivity index (χ2n) is 4.71. The first-order chi connectivity index (χ1) is 10.6. The van der Waals surface area contributed by atoms with Gasteiger partial charge >= 0.3 is 6.03 Å². The number of nitrogens with one attached hydrogen (secondary N) is 2. The average Bonchev–Trinajstić information content (AvgIpc) is 2.51. The summed E-state index contributed by atoms with van der Waals surface area (Å²) >= 11 is 1.60. The van der Waals surface area contributed by atoms with E-state index in [1.807, 2.05) is 30.5 Å². The molecule has 6 nitrogen and oxygen atoms in total. The number of para-hydroxylation sites is 1. The summed E-state index contributed by atoms with van der Waals surface area (Å²) in [6.07, 6.45) is 4.12. The Kier molecular flexibility index (Phi) is 5.60. The summed E-state index contributed by atoms with van der Waals surface area (Å²) in [5.74, 6) is 0.442. The van der Waals surface area contributed by atoms with Crippen molar-refractivity contribution in [3.8, 4) is 0 Å². The Morgan fingerprint density at radius 2 is 2.09 bits per heavy atom. The fraction of sp³-hybridized carbons (Fsp3) is 0.267. The van der Waals surface area contributed by atoms with Crippen LogP contribution in [-0.2, 0) is 4.79 Å². The molecule has 0 fully saturated rings. The second kappa shape index (κ2) is 7.65. The lowest BCUT2D eigenvalue weighted by Crippen LogP contribution is -2.46. The van der Waals surface area contributed by atoms with E-state index in [2.05, 4.69) is 15.6 Å². The number of carbonyl (C=O) groups is 2. The number of hydrogen-bond donors (Lipinski definition) is 3. The third-order valence-electron chi connectivity index (χ3n) is 3.13. The lowest BCUT2D eigenvalue weighted by Gasteiger charge is -2.17. The molecule has 1 atom stereocenters. The van der Waals surface area contributed by atoms with E-state index in [4.69, 9.17) is 5.73 Å². The van der Waals surface area contributed by atoms with Gasteiger partial charge in [0.15, 0.2) is 0 Å². The fourth-order valence-corrected chi connectivity index (χ4v) is 2.57. The van der Waals surface area contributed by atoms with Crippen LogP contribution in [0.4, 0.5) is 10.5 Å². The van der Waals surface area contributed by atoms with E-state index in [0.717, 1.165) is 11.1 Å². The molecule has 2 aromatic rings. The zero-order valence-corrected chi connectivity index (χ0v) is 13.0. The molecule has 116 valence electrons. The van der Waals surface area contributed by atoms with E-state index >= 15 is 0 Å². The molecule has 1 aromatic carbocycles. The van der Waals surface area contributed by atoms with Gasteiger partial charge in [-0.1, -0.05) is 18.2 Å². The van der Waals surface area contributed by atoms with Crippen molar-refractivity contribution in [3.63, 3.8) is 0 Å². The van der Waals surface area contributed by atoms with E-state index in [9.17, 15) is 9.59 Å². The van der Waals surface area contributed by atoms with Crippen LogP contribution in [0.3, 0.4) is 0 Å². The van der Waals surface area contributed by atoms with Gasteiger partial charge in [0, 0.05) is 11.6 Å². The Morgan fingerprint density at radius 1 is 1.32 bits per heavy atom. The Hall–Kier alpha value is -2.28. The highest BCUT2D eigenvalue weighted by molar-refractivity contribution is 7.98. The monoisotopic (exact) mass is 318 g/mol. The topological polar surface area (TPSA) is 97.1 Å². The van der Waals surface area contributed by atoms with Gasteiger partial charge in [-0.15, -0.1) is 0 Å². The molecule has 0 unspecified atom stereocenters. The summed E-state index contributed by atoms with van der Waals surface area (Å²) in [6, 6.07) is 7.93. The molecule has 0 saturated carbocycles. The van der Waals surface area contributed by atoms with Crippen LogP contribution in [0.5, 0.6) is 0 Å². The molecule has 0 aliphatic rings. The van der Waals surface area contributed by atoms with Crippen LogP contribution in [0.2, 0.25) is 0 Å². The number of primary amides is 1. The third-order valence-corrected chi connectivity index (χ3v) is 3.78.